The quantitative estimate of drug-likeness (QED) is 0.284. The van der Waals surface area contributed by atoms with Crippen LogP contribution in [0.15, 0.2) is 47.6 Å². The molecule has 4 heteroatoms. The van der Waals surface area contributed by atoms with Gasteiger partial charge in [0.05, 0.1) is 14.2 Å². The van der Waals surface area contributed by atoms with Crippen LogP contribution in [0.4, 0.5) is 0 Å². The highest BCUT2D eigenvalue weighted by atomic mass is 16.5. The highest BCUT2D eigenvalue weighted by Crippen LogP contribution is 2.30. The number of carbonyl (C=O) groups is 2. The molecule has 1 unspecified atom stereocenters. The SMILES string of the molecule is C=CC(C)(C/C=C(/C)CC/C=C(\C)C(=O)OC)CC/C=C(\C)C(=O)OC. The topological polar surface area (TPSA) is 52.6 Å². The van der Waals surface area contributed by atoms with Gasteiger partial charge in [0.15, 0.2) is 0 Å². The third-order valence-corrected chi connectivity index (χ3v) is 4.58. The van der Waals surface area contributed by atoms with E-state index in [1.54, 1.807) is 13.8 Å². The van der Waals surface area contributed by atoms with Gasteiger partial charge in [0.1, 0.15) is 0 Å². The molecule has 0 aliphatic heterocycles. The van der Waals surface area contributed by atoms with Crippen LogP contribution in [0.2, 0.25) is 0 Å². The number of methoxy groups -OCH3 is 2. The minimum Gasteiger partial charge on any atom is -0.466 e. The molecule has 0 N–H and O–H groups in total. The van der Waals surface area contributed by atoms with Gasteiger partial charge in [-0.3, -0.25) is 0 Å². The number of esters is 2. The zero-order valence-electron chi connectivity index (χ0n) is 17.2. The average molecular weight is 363 g/mol. The van der Waals surface area contributed by atoms with Crippen molar-refractivity contribution in [1.29, 1.82) is 0 Å². The van der Waals surface area contributed by atoms with Gasteiger partial charge in [-0.15, -0.1) is 6.58 Å². The van der Waals surface area contributed by atoms with Crippen molar-refractivity contribution in [1.82, 2.24) is 0 Å². The monoisotopic (exact) mass is 362 g/mol. The van der Waals surface area contributed by atoms with Gasteiger partial charge in [0.25, 0.3) is 0 Å². The van der Waals surface area contributed by atoms with Crippen LogP contribution in [0.1, 0.15) is 59.8 Å². The molecule has 0 rings (SSSR count). The van der Waals surface area contributed by atoms with Gasteiger partial charge in [0, 0.05) is 11.1 Å². The van der Waals surface area contributed by atoms with E-state index in [-0.39, 0.29) is 17.4 Å². The molecule has 146 valence electrons. The molecule has 0 amide bonds. The average Bonchev–Trinajstić information content (AvgIpc) is 2.64. The van der Waals surface area contributed by atoms with Gasteiger partial charge < -0.3 is 9.47 Å². The lowest BCUT2D eigenvalue weighted by Gasteiger charge is -2.24. The molecular formula is C22H34O4. The molecule has 0 saturated carbocycles. The van der Waals surface area contributed by atoms with E-state index in [9.17, 15) is 9.59 Å². The Kier molecular flexibility index (Phi) is 11.3. The second-order valence-corrected chi connectivity index (χ2v) is 6.95. The van der Waals surface area contributed by atoms with Crippen molar-refractivity contribution in [2.24, 2.45) is 5.41 Å². The van der Waals surface area contributed by atoms with Crippen LogP contribution in [-0.4, -0.2) is 26.2 Å². The van der Waals surface area contributed by atoms with E-state index in [2.05, 4.69) is 31.2 Å². The molecule has 26 heavy (non-hydrogen) atoms. The van der Waals surface area contributed by atoms with Crippen LogP contribution in [0, 0.1) is 5.41 Å². The maximum atomic E-state index is 11.4. The number of rotatable bonds is 11. The number of hydrogen-bond acceptors (Lipinski definition) is 4. The van der Waals surface area contributed by atoms with Gasteiger partial charge in [-0.05, 0) is 58.3 Å². The first-order chi connectivity index (χ1) is 12.2. The summed E-state index contributed by atoms with van der Waals surface area (Å²) >= 11 is 0. The fourth-order valence-electron chi connectivity index (χ4n) is 2.42. The predicted octanol–water partition coefficient (Wildman–Crippen LogP) is 5.31. The van der Waals surface area contributed by atoms with E-state index in [4.69, 9.17) is 4.74 Å². The smallest absolute Gasteiger partial charge is 0.333 e. The van der Waals surface area contributed by atoms with Crippen molar-refractivity contribution in [3.63, 3.8) is 0 Å². The van der Waals surface area contributed by atoms with Crippen molar-refractivity contribution in [2.75, 3.05) is 14.2 Å². The van der Waals surface area contributed by atoms with Crippen LogP contribution in [0.25, 0.3) is 0 Å². The van der Waals surface area contributed by atoms with E-state index in [1.807, 2.05) is 18.2 Å². The Bertz CT molecular complexity index is 581. The van der Waals surface area contributed by atoms with Gasteiger partial charge in [0.2, 0.25) is 0 Å². The Morgan fingerprint density at radius 1 is 0.923 bits per heavy atom. The molecule has 1 atom stereocenters. The first kappa shape index (κ1) is 23.9. The first-order valence-corrected chi connectivity index (χ1v) is 8.98. The zero-order valence-corrected chi connectivity index (χ0v) is 17.2. The molecule has 0 heterocycles. The molecule has 0 aromatic carbocycles. The number of hydrogen-bond donors (Lipinski definition) is 0. The Morgan fingerprint density at radius 3 is 1.88 bits per heavy atom. The second kappa shape index (κ2) is 12.3. The van der Waals surface area contributed by atoms with Crippen LogP contribution >= 0.6 is 0 Å². The fraction of sp³-hybridized carbons (Fsp3) is 0.545. The van der Waals surface area contributed by atoms with Gasteiger partial charge >= 0.3 is 11.9 Å². The van der Waals surface area contributed by atoms with E-state index < -0.39 is 0 Å². The second-order valence-electron chi connectivity index (χ2n) is 6.95. The van der Waals surface area contributed by atoms with E-state index in [0.717, 1.165) is 32.1 Å². The molecule has 0 aliphatic carbocycles. The zero-order chi connectivity index (χ0) is 20.2. The lowest BCUT2D eigenvalue weighted by molar-refractivity contribution is -0.136. The molecular weight excluding hydrogens is 328 g/mol. The van der Waals surface area contributed by atoms with Gasteiger partial charge in [-0.25, -0.2) is 9.59 Å². The van der Waals surface area contributed by atoms with Crippen LogP contribution < -0.4 is 0 Å². The van der Waals surface area contributed by atoms with Crippen LogP contribution in [0.3, 0.4) is 0 Å². The number of ether oxygens (including phenoxy) is 2. The van der Waals surface area contributed by atoms with Crippen molar-refractivity contribution in [3.8, 4) is 0 Å². The van der Waals surface area contributed by atoms with Crippen molar-refractivity contribution >= 4 is 11.9 Å². The Labute approximate surface area is 158 Å². The molecule has 0 aliphatic rings. The summed E-state index contributed by atoms with van der Waals surface area (Å²) in [6.45, 7) is 11.8. The van der Waals surface area contributed by atoms with E-state index >= 15 is 0 Å². The predicted molar refractivity (Wildman–Crippen MR) is 107 cm³/mol. The van der Waals surface area contributed by atoms with Crippen LogP contribution in [-0.2, 0) is 19.1 Å². The maximum Gasteiger partial charge on any atom is 0.333 e. The largest absolute Gasteiger partial charge is 0.466 e. The maximum absolute atomic E-state index is 11.4. The normalized spacial score (nSPS) is 15.2. The lowest BCUT2D eigenvalue weighted by Crippen LogP contribution is -2.11. The Hall–Kier alpha value is -2.10. The summed E-state index contributed by atoms with van der Waals surface area (Å²) in [7, 11) is 2.78. The highest BCUT2D eigenvalue weighted by molar-refractivity contribution is 5.87. The molecule has 0 saturated heterocycles. The van der Waals surface area contributed by atoms with Crippen molar-refractivity contribution in [2.45, 2.75) is 59.8 Å². The highest BCUT2D eigenvalue weighted by Gasteiger charge is 2.18. The molecule has 0 aromatic heterocycles. The molecule has 0 bridgehead atoms. The number of allylic oxidation sites excluding steroid dienone is 5. The summed E-state index contributed by atoms with van der Waals surface area (Å²) in [5, 5.41) is 0. The third-order valence-electron chi connectivity index (χ3n) is 4.58. The fourth-order valence-corrected chi connectivity index (χ4v) is 2.42. The summed E-state index contributed by atoms with van der Waals surface area (Å²) in [5.74, 6) is -0.558. The van der Waals surface area contributed by atoms with Crippen molar-refractivity contribution in [3.05, 3.63) is 47.6 Å². The summed E-state index contributed by atoms with van der Waals surface area (Å²) in [4.78, 5) is 22.8. The Morgan fingerprint density at radius 2 is 1.42 bits per heavy atom. The molecule has 0 spiro atoms. The number of carbonyl (C=O) groups excluding carboxylic acids is 2. The Balaban J connectivity index is 4.60. The summed E-state index contributed by atoms with van der Waals surface area (Å²) < 4.78 is 9.39. The summed E-state index contributed by atoms with van der Waals surface area (Å²) in [6.07, 6.45) is 12.4. The first-order valence-electron chi connectivity index (χ1n) is 8.98. The standard InChI is InChI=1S/C22H34O4/c1-8-22(5,15-10-13-19(4)21(24)26-7)16-14-17(2)11-9-12-18(3)20(23)25-6/h8,12-14H,1,9-11,15-16H2,2-7H3/b17-14-,18-12+,19-13+. The van der Waals surface area contributed by atoms with Crippen molar-refractivity contribution < 1.29 is 19.1 Å². The lowest BCUT2D eigenvalue weighted by atomic mass is 9.81. The molecule has 4 nitrogen and oxygen atoms in total. The molecule has 0 aromatic rings. The molecule has 0 fully saturated rings. The third kappa shape index (κ3) is 9.40. The molecule has 0 radical (unpaired) electrons. The van der Waals surface area contributed by atoms with Crippen LogP contribution in [0.5, 0.6) is 0 Å². The minimum absolute atomic E-state index is 0.0219. The van der Waals surface area contributed by atoms with E-state index in [1.165, 1.54) is 19.8 Å². The van der Waals surface area contributed by atoms with Gasteiger partial charge in [-0.1, -0.05) is 36.8 Å². The van der Waals surface area contributed by atoms with Gasteiger partial charge in [-0.2, -0.15) is 0 Å². The van der Waals surface area contributed by atoms with E-state index in [0.29, 0.717) is 11.1 Å². The summed E-state index contributed by atoms with van der Waals surface area (Å²) in [5.41, 5.74) is 2.54. The summed E-state index contributed by atoms with van der Waals surface area (Å²) in [6, 6.07) is 0. The minimum atomic E-state index is -0.281.